The number of nitrogens with zero attached hydrogens (tertiary/aromatic N) is 1. The first-order valence-corrected chi connectivity index (χ1v) is 6.65. The molecule has 2 atom stereocenters. The fraction of sp³-hybridized carbons (Fsp3) is 0.462. The van der Waals surface area contributed by atoms with Gasteiger partial charge in [-0.1, -0.05) is 6.07 Å². The van der Waals surface area contributed by atoms with E-state index in [0.717, 1.165) is 10.6 Å². The van der Waals surface area contributed by atoms with Gasteiger partial charge in [-0.15, -0.1) is 11.8 Å². The summed E-state index contributed by atoms with van der Waals surface area (Å²) in [7, 11) is 4.11. The molecule has 2 rings (SSSR count). The van der Waals surface area contributed by atoms with Crippen LogP contribution < -0.4 is 5.32 Å². The number of rotatable bonds is 2. The molecule has 1 aromatic carbocycles. The summed E-state index contributed by atoms with van der Waals surface area (Å²) in [6, 6.07) is 6.67. The number of carbonyl (C=O) groups excluding carboxylic acids is 1. The summed E-state index contributed by atoms with van der Waals surface area (Å²) in [6.45, 7) is 4.08. The molecule has 1 amide bonds. The van der Waals surface area contributed by atoms with Crippen LogP contribution in [0.25, 0.3) is 0 Å². The lowest BCUT2D eigenvalue weighted by atomic mass is 10.1. The van der Waals surface area contributed by atoms with E-state index in [-0.39, 0.29) is 11.2 Å². The number of fused-ring (bicyclic) bond motifs is 1. The topological polar surface area (TPSA) is 32.3 Å². The lowest BCUT2D eigenvalue weighted by Gasteiger charge is -2.25. The third-order valence-electron chi connectivity index (χ3n) is 3.19. The fourth-order valence-corrected chi connectivity index (χ4v) is 2.71. The molecule has 1 aromatic rings. The Balaban J connectivity index is 2.32. The van der Waals surface area contributed by atoms with Gasteiger partial charge in [-0.05, 0) is 45.6 Å². The van der Waals surface area contributed by atoms with E-state index in [0.29, 0.717) is 6.04 Å². The molecule has 2 unspecified atom stereocenters. The molecule has 1 aliphatic heterocycles. The molecule has 1 heterocycles. The van der Waals surface area contributed by atoms with Gasteiger partial charge in [-0.25, -0.2) is 0 Å². The van der Waals surface area contributed by atoms with E-state index in [1.54, 1.807) is 11.8 Å². The summed E-state index contributed by atoms with van der Waals surface area (Å²) in [5, 5.41) is 2.97. The summed E-state index contributed by atoms with van der Waals surface area (Å²) >= 11 is 1.62. The van der Waals surface area contributed by atoms with Crippen molar-refractivity contribution in [1.82, 2.24) is 4.90 Å². The van der Waals surface area contributed by atoms with E-state index >= 15 is 0 Å². The normalized spacial score (nSPS) is 21.0. The molecule has 3 nitrogen and oxygen atoms in total. The Kier molecular flexibility index (Phi) is 3.45. The van der Waals surface area contributed by atoms with Crippen LogP contribution >= 0.6 is 11.8 Å². The summed E-state index contributed by atoms with van der Waals surface area (Å²) < 4.78 is 0. The number of anilines is 1. The van der Waals surface area contributed by atoms with Crippen molar-refractivity contribution in [2.75, 3.05) is 19.4 Å². The number of nitrogens with one attached hydrogen (secondary N) is 1. The van der Waals surface area contributed by atoms with Crippen LogP contribution in [-0.4, -0.2) is 30.2 Å². The monoisotopic (exact) mass is 250 g/mol. The van der Waals surface area contributed by atoms with Gasteiger partial charge < -0.3 is 10.2 Å². The smallest absolute Gasteiger partial charge is 0.237 e. The van der Waals surface area contributed by atoms with Gasteiger partial charge in [0.1, 0.15) is 0 Å². The Labute approximate surface area is 107 Å². The van der Waals surface area contributed by atoms with E-state index in [2.05, 4.69) is 49.4 Å². The molecule has 0 fully saturated rings. The molecule has 0 spiro atoms. The number of hydrogen-bond donors (Lipinski definition) is 1. The average Bonchev–Trinajstić information content (AvgIpc) is 2.29. The van der Waals surface area contributed by atoms with Crippen LogP contribution in [0.15, 0.2) is 23.1 Å². The summed E-state index contributed by atoms with van der Waals surface area (Å²) in [5.41, 5.74) is 2.17. The van der Waals surface area contributed by atoms with Crippen LogP contribution in [-0.2, 0) is 4.79 Å². The SMILES string of the molecule is CC1Sc2ccc(C(C)N(C)C)cc2NC1=O. The Morgan fingerprint density at radius 3 is 2.76 bits per heavy atom. The van der Waals surface area contributed by atoms with Crippen LogP contribution in [0.2, 0.25) is 0 Å². The Morgan fingerprint density at radius 2 is 2.12 bits per heavy atom. The van der Waals surface area contributed by atoms with Crippen molar-refractivity contribution in [3.63, 3.8) is 0 Å². The molecule has 17 heavy (non-hydrogen) atoms. The molecule has 1 aliphatic rings. The number of carbonyl (C=O) groups is 1. The summed E-state index contributed by atoms with van der Waals surface area (Å²) in [5.74, 6) is 0.0946. The molecule has 92 valence electrons. The number of hydrogen-bond acceptors (Lipinski definition) is 3. The standard InChI is InChI=1S/C13H18N2OS/c1-8(15(3)4)10-5-6-12-11(7-10)14-13(16)9(2)17-12/h5-9H,1-4H3,(H,14,16). The maximum atomic E-state index is 11.6. The van der Waals surface area contributed by atoms with Crippen molar-refractivity contribution in [3.05, 3.63) is 23.8 Å². The van der Waals surface area contributed by atoms with Gasteiger partial charge in [0, 0.05) is 10.9 Å². The van der Waals surface area contributed by atoms with Crippen LogP contribution in [0.1, 0.15) is 25.5 Å². The highest BCUT2D eigenvalue weighted by Gasteiger charge is 2.23. The number of amides is 1. The predicted octanol–water partition coefficient (Wildman–Crippen LogP) is 2.74. The highest BCUT2D eigenvalue weighted by atomic mass is 32.2. The van der Waals surface area contributed by atoms with Gasteiger partial charge >= 0.3 is 0 Å². The lowest BCUT2D eigenvalue weighted by molar-refractivity contribution is -0.115. The van der Waals surface area contributed by atoms with E-state index < -0.39 is 0 Å². The Hall–Kier alpha value is -1.00. The minimum atomic E-state index is -0.000350. The molecule has 1 N–H and O–H groups in total. The van der Waals surface area contributed by atoms with Crippen LogP contribution in [0.5, 0.6) is 0 Å². The van der Waals surface area contributed by atoms with Crippen molar-refractivity contribution in [3.8, 4) is 0 Å². The van der Waals surface area contributed by atoms with Gasteiger partial charge in [0.2, 0.25) is 5.91 Å². The largest absolute Gasteiger partial charge is 0.324 e. The third-order valence-corrected chi connectivity index (χ3v) is 4.37. The molecule has 0 saturated heterocycles. The van der Waals surface area contributed by atoms with Crippen LogP contribution in [0, 0.1) is 0 Å². The quantitative estimate of drug-likeness (QED) is 0.876. The highest BCUT2D eigenvalue weighted by Crippen LogP contribution is 2.37. The zero-order chi connectivity index (χ0) is 12.6. The van der Waals surface area contributed by atoms with Crippen molar-refractivity contribution in [2.45, 2.75) is 30.0 Å². The second kappa shape index (κ2) is 4.70. The van der Waals surface area contributed by atoms with E-state index in [1.165, 1.54) is 5.56 Å². The van der Waals surface area contributed by atoms with E-state index in [4.69, 9.17) is 0 Å². The molecule has 0 bridgehead atoms. The van der Waals surface area contributed by atoms with E-state index in [1.807, 2.05) is 6.92 Å². The summed E-state index contributed by atoms with van der Waals surface area (Å²) in [4.78, 5) is 14.9. The van der Waals surface area contributed by atoms with Gasteiger partial charge in [0.05, 0.1) is 10.9 Å². The first-order chi connectivity index (χ1) is 7.99. The molecular weight excluding hydrogens is 232 g/mol. The average molecular weight is 250 g/mol. The maximum Gasteiger partial charge on any atom is 0.237 e. The van der Waals surface area contributed by atoms with Gasteiger partial charge in [-0.3, -0.25) is 4.79 Å². The Bertz CT molecular complexity index is 445. The van der Waals surface area contributed by atoms with Gasteiger partial charge in [-0.2, -0.15) is 0 Å². The second-order valence-corrected chi connectivity index (χ2v) is 6.03. The van der Waals surface area contributed by atoms with Crippen molar-refractivity contribution >= 4 is 23.4 Å². The number of thioether (sulfide) groups is 1. The molecule has 0 radical (unpaired) electrons. The molecule has 0 aromatic heterocycles. The highest BCUT2D eigenvalue weighted by molar-refractivity contribution is 8.00. The zero-order valence-corrected chi connectivity index (χ0v) is 11.5. The van der Waals surface area contributed by atoms with Crippen molar-refractivity contribution < 1.29 is 4.79 Å². The first kappa shape index (κ1) is 12.5. The first-order valence-electron chi connectivity index (χ1n) is 5.77. The van der Waals surface area contributed by atoms with Gasteiger partial charge in [0.25, 0.3) is 0 Å². The zero-order valence-electron chi connectivity index (χ0n) is 10.7. The maximum absolute atomic E-state index is 11.6. The summed E-state index contributed by atoms with van der Waals surface area (Å²) in [6.07, 6.45) is 0. The molecule has 0 aliphatic carbocycles. The minimum Gasteiger partial charge on any atom is -0.324 e. The molecule has 0 saturated carbocycles. The minimum absolute atomic E-state index is 0.000350. The van der Waals surface area contributed by atoms with Gasteiger partial charge in [0.15, 0.2) is 0 Å². The predicted molar refractivity (Wildman–Crippen MR) is 72.5 cm³/mol. The molecular formula is C13H18N2OS. The van der Waals surface area contributed by atoms with Crippen LogP contribution in [0.3, 0.4) is 0 Å². The lowest BCUT2D eigenvalue weighted by Crippen LogP contribution is -2.26. The molecule has 4 heteroatoms. The van der Waals surface area contributed by atoms with Crippen molar-refractivity contribution in [2.24, 2.45) is 0 Å². The Morgan fingerprint density at radius 1 is 1.41 bits per heavy atom. The number of benzene rings is 1. The van der Waals surface area contributed by atoms with Crippen LogP contribution in [0.4, 0.5) is 5.69 Å². The second-order valence-electron chi connectivity index (χ2n) is 4.64. The van der Waals surface area contributed by atoms with Crippen molar-refractivity contribution in [1.29, 1.82) is 0 Å². The van der Waals surface area contributed by atoms with E-state index in [9.17, 15) is 4.79 Å². The fourth-order valence-electron chi connectivity index (χ4n) is 1.78. The third kappa shape index (κ3) is 2.48.